The SMILES string of the molecule is CCCCOc1cccc(C2c3c(oc4ccccc4c3=O)C(=O)N2Cc2ccco2)c1. The van der Waals surface area contributed by atoms with Crippen molar-refractivity contribution in [2.75, 3.05) is 6.61 Å². The second-order valence-electron chi connectivity index (χ2n) is 7.86. The summed E-state index contributed by atoms with van der Waals surface area (Å²) in [5.41, 5.74) is 1.35. The number of ether oxygens (including phenoxy) is 1. The molecule has 0 bridgehead atoms. The summed E-state index contributed by atoms with van der Waals surface area (Å²) in [6.45, 7) is 2.94. The fraction of sp³-hybridized carbons (Fsp3) is 0.231. The molecule has 32 heavy (non-hydrogen) atoms. The van der Waals surface area contributed by atoms with E-state index in [1.54, 1.807) is 41.5 Å². The first kappa shape index (κ1) is 20.1. The summed E-state index contributed by atoms with van der Waals surface area (Å²) in [5, 5.41) is 0.458. The van der Waals surface area contributed by atoms with E-state index in [1.165, 1.54) is 0 Å². The van der Waals surface area contributed by atoms with Gasteiger partial charge in [0, 0.05) is 0 Å². The van der Waals surface area contributed by atoms with Crippen LogP contribution in [-0.4, -0.2) is 17.4 Å². The molecule has 0 saturated carbocycles. The first-order valence-corrected chi connectivity index (χ1v) is 10.8. The number of carbonyl (C=O) groups excluding carboxylic acids is 1. The molecule has 0 N–H and O–H groups in total. The van der Waals surface area contributed by atoms with Crippen molar-refractivity contribution >= 4 is 16.9 Å². The van der Waals surface area contributed by atoms with Crippen molar-refractivity contribution in [2.45, 2.75) is 32.4 Å². The second-order valence-corrected chi connectivity index (χ2v) is 7.86. The van der Waals surface area contributed by atoms with Gasteiger partial charge in [-0.1, -0.05) is 37.6 Å². The number of nitrogens with zero attached hydrogens (tertiary/aromatic N) is 1. The molecule has 2 aromatic carbocycles. The predicted molar refractivity (Wildman–Crippen MR) is 120 cm³/mol. The van der Waals surface area contributed by atoms with Crippen molar-refractivity contribution in [3.8, 4) is 5.75 Å². The lowest BCUT2D eigenvalue weighted by Crippen LogP contribution is -2.29. The minimum atomic E-state index is -0.599. The average molecular weight is 429 g/mol. The van der Waals surface area contributed by atoms with Gasteiger partial charge in [-0.15, -0.1) is 0 Å². The van der Waals surface area contributed by atoms with Gasteiger partial charge in [0.05, 0.1) is 36.4 Å². The van der Waals surface area contributed by atoms with Crippen molar-refractivity contribution in [3.63, 3.8) is 0 Å². The molecule has 0 fully saturated rings. The van der Waals surface area contributed by atoms with Crippen LogP contribution in [0.15, 0.2) is 80.6 Å². The number of hydrogen-bond acceptors (Lipinski definition) is 5. The Labute approximate surface area is 185 Å². The number of furan rings is 1. The summed E-state index contributed by atoms with van der Waals surface area (Å²) in [6, 6.07) is 17.6. The number of amides is 1. The fourth-order valence-electron chi connectivity index (χ4n) is 4.16. The Morgan fingerprint density at radius 1 is 1.03 bits per heavy atom. The molecule has 1 atom stereocenters. The Kier molecular flexibility index (Phi) is 5.27. The predicted octanol–water partition coefficient (Wildman–Crippen LogP) is 5.31. The molecule has 4 aromatic rings. The van der Waals surface area contributed by atoms with Crippen LogP contribution in [-0.2, 0) is 6.54 Å². The van der Waals surface area contributed by atoms with Crippen LogP contribution < -0.4 is 10.2 Å². The van der Waals surface area contributed by atoms with E-state index < -0.39 is 6.04 Å². The third-order valence-electron chi connectivity index (χ3n) is 5.72. The van der Waals surface area contributed by atoms with Gasteiger partial charge in [0.1, 0.15) is 17.1 Å². The third-order valence-corrected chi connectivity index (χ3v) is 5.72. The molecular formula is C26H23NO5. The molecule has 1 aliphatic rings. The summed E-state index contributed by atoms with van der Waals surface area (Å²) in [5.74, 6) is 1.09. The maximum Gasteiger partial charge on any atom is 0.291 e. The quantitative estimate of drug-likeness (QED) is 0.372. The summed E-state index contributed by atoms with van der Waals surface area (Å²) >= 11 is 0. The minimum absolute atomic E-state index is 0.0857. The van der Waals surface area contributed by atoms with Gasteiger partial charge in [0.25, 0.3) is 5.91 Å². The van der Waals surface area contributed by atoms with Crippen LogP contribution in [0.3, 0.4) is 0 Å². The lowest BCUT2D eigenvalue weighted by molar-refractivity contribution is 0.0701. The lowest BCUT2D eigenvalue weighted by atomic mass is 9.98. The molecule has 1 amide bonds. The molecular weight excluding hydrogens is 406 g/mol. The van der Waals surface area contributed by atoms with E-state index in [0.717, 1.165) is 18.4 Å². The summed E-state index contributed by atoms with van der Waals surface area (Å²) < 4.78 is 17.3. The number of para-hydroxylation sites is 1. The first-order chi connectivity index (χ1) is 15.7. The molecule has 0 radical (unpaired) electrons. The molecule has 6 nitrogen and oxygen atoms in total. The maximum absolute atomic E-state index is 13.5. The van der Waals surface area contributed by atoms with E-state index in [-0.39, 0.29) is 23.6 Å². The minimum Gasteiger partial charge on any atom is -0.494 e. The normalized spacial score (nSPS) is 15.3. The first-order valence-electron chi connectivity index (χ1n) is 10.8. The zero-order valence-corrected chi connectivity index (χ0v) is 17.7. The number of fused-ring (bicyclic) bond motifs is 2. The van der Waals surface area contributed by atoms with Crippen molar-refractivity contribution < 1.29 is 18.4 Å². The molecule has 2 aromatic heterocycles. The van der Waals surface area contributed by atoms with Crippen molar-refractivity contribution in [1.29, 1.82) is 0 Å². The molecule has 0 spiro atoms. The van der Waals surface area contributed by atoms with Gasteiger partial charge < -0.3 is 18.5 Å². The number of carbonyl (C=O) groups is 1. The highest BCUT2D eigenvalue weighted by Gasteiger charge is 2.43. The van der Waals surface area contributed by atoms with Gasteiger partial charge in [-0.25, -0.2) is 0 Å². The number of hydrogen-bond donors (Lipinski definition) is 0. The second kappa shape index (κ2) is 8.38. The van der Waals surface area contributed by atoms with Gasteiger partial charge in [-0.05, 0) is 48.4 Å². The number of benzene rings is 2. The monoisotopic (exact) mass is 429 g/mol. The third kappa shape index (κ3) is 3.47. The van der Waals surface area contributed by atoms with Gasteiger partial charge >= 0.3 is 0 Å². The average Bonchev–Trinajstić information content (AvgIpc) is 3.42. The van der Waals surface area contributed by atoms with Gasteiger partial charge in [-0.2, -0.15) is 0 Å². The molecule has 162 valence electrons. The highest BCUT2D eigenvalue weighted by Crippen LogP contribution is 2.40. The van der Waals surface area contributed by atoms with E-state index in [4.69, 9.17) is 13.6 Å². The Hall–Kier alpha value is -3.80. The number of rotatable bonds is 7. The van der Waals surface area contributed by atoms with Crippen molar-refractivity contribution in [1.82, 2.24) is 4.90 Å². The van der Waals surface area contributed by atoms with Crippen LogP contribution in [0.5, 0.6) is 5.75 Å². The van der Waals surface area contributed by atoms with Crippen LogP contribution in [0.1, 0.15) is 53.2 Å². The molecule has 6 heteroatoms. The maximum atomic E-state index is 13.5. The largest absolute Gasteiger partial charge is 0.494 e. The summed E-state index contributed by atoms with van der Waals surface area (Å²) in [4.78, 5) is 28.5. The van der Waals surface area contributed by atoms with Crippen LogP contribution in [0.2, 0.25) is 0 Å². The van der Waals surface area contributed by atoms with Crippen molar-refractivity contribution in [3.05, 3.63) is 99.8 Å². The Morgan fingerprint density at radius 3 is 2.72 bits per heavy atom. The lowest BCUT2D eigenvalue weighted by Gasteiger charge is -2.24. The van der Waals surface area contributed by atoms with Crippen LogP contribution in [0.4, 0.5) is 0 Å². The van der Waals surface area contributed by atoms with Crippen LogP contribution in [0, 0.1) is 0 Å². The van der Waals surface area contributed by atoms with Crippen LogP contribution in [0.25, 0.3) is 11.0 Å². The molecule has 5 rings (SSSR count). The summed E-state index contributed by atoms with van der Waals surface area (Å²) in [6.07, 6.45) is 3.56. The zero-order valence-electron chi connectivity index (χ0n) is 17.7. The molecule has 0 aliphatic carbocycles. The number of unbranched alkanes of at least 4 members (excludes halogenated alkanes) is 1. The fourth-order valence-corrected chi connectivity index (χ4v) is 4.16. The Morgan fingerprint density at radius 2 is 1.91 bits per heavy atom. The van der Waals surface area contributed by atoms with E-state index in [1.807, 2.05) is 30.3 Å². The van der Waals surface area contributed by atoms with Crippen LogP contribution >= 0.6 is 0 Å². The van der Waals surface area contributed by atoms with Crippen molar-refractivity contribution in [2.24, 2.45) is 0 Å². The van der Waals surface area contributed by atoms with Gasteiger partial charge in [0.15, 0.2) is 5.43 Å². The Balaban J connectivity index is 1.64. The molecule has 0 saturated heterocycles. The molecule has 1 aliphatic heterocycles. The molecule has 1 unspecified atom stereocenters. The Bertz CT molecular complexity index is 1320. The van der Waals surface area contributed by atoms with E-state index in [9.17, 15) is 9.59 Å². The topological polar surface area (TPSA) is 72.9 Å². The smallest absolute Gasteiger partial charge is 0.291 e. The highest BCUT2D eigenvalue weighted by atomic mass is 16.5. The van der Waals surface area contributed by atoms with Gasteiger partial charge in [0.2, 0.25) is 5.76 Å². The molecule has 3 heterocycles. The van der Waals surface area contributed by atoms with E-state index in [0.29, 0.717) is 34.6 Å². The van der Waals surface area contributed by atoms with E-state index >= 15 is 0 Å². The van der Waals surface area contributed by atoms with Gasteiger partial charge in [-0.3, -0.25) is 9.59 Å². The summed E-state index contributed by atoms with van der Waals surface area (Å²) in [7, 11) is 0. The highest BCUT2D eigenvalue weighted by molar-refractivity contribution is 5.99. The van der Waals surface area contributed by atoms with E-state index in [2.05, 4.69) is 6.92 Å². The zero-order chi connectivity index (χ0) is 22.1. The standard InChI is InChI=1S/C26H23NO5/c1-2-3-13-30-18-9-6-8-17(15-18)23-22-24(28)20-11-4-5-12-21(20)32-25(22)26(29)27(23)16-19-10-7-14-31-19/h4-12,14-15,23H,2-3,13,16H2,1H3.